The second kappa shape index (κ2) is 20.9. The minimum absolute atomic E-state index is 0.0105. The van der Waals surface area contributed by atoms with Crippen molar-refractivity contribution < 1.29 is 63.3 Å². The molecule has 1 rings (SSSR count). The molecule has 274 valence electrons. The molecule has 0 bridgehead atoms. The van der Waals surface area contributed by atoms with Gasteiger partial charge in [-0.15, -0.1) is 0 Å². The Labute approximate surface area is 280 Å². The average Bonchev–Trinajstić information content (AvgIpc) is 3.52. The number of nitrogens with one attached hydrogen (secondary N) is 6. The van der Waals surface area contributed by atoms with Crippen LogP contribution in [0.4, 0.5) is 0 Å². The summed E-state index contributed by atoms with van der Waals surface area (Å²) < 4.78 is 0. The maximum Gasteiger partial charge on any atom is 0.305 e. The number of aliphatic hydroxyl groups excluding tert-OH is 1. The van der Waals surface area contributed by atoms with Crippen molar-refractivity contribution in [2.45, 2.75) is 82.6 Å². The highest BCUT2D eigenvalue weighted by Crippen LogP contribution is 2.20. The number of nitrogens with zero attached hydrogens (tertiary/aromatic N) is 1. The molecule has 11 N–H and O–H groups in total. The summed E-state index contributed by atoms with van der Waals surface area (Å²) in [6.45, 7) is 1.53. The molecular weight excluding hydrogens is 656 g/mol. The van der Waals surface area contributed by atoms with Gasteiger partial charge in [-0.05, 0) is 31.6 Å². The van der Waals surface area contributed by atoms with Gasteiger partial charge in [-0.1, -0.05) is 13.8 Å². The molecule has 1 saturated heterocycles. The minimum atomic E-state index is -1.68. The van der Waals surface area contributed by atoms with Crippen molar-refractivity contribution in [3.63, 3.8) is 0 Å². The highest BCUT2D eigenvalue weighted by molar-refractivity contribution is 5.98. The Bertz CT molecular complexity index is 1260. The molecule has 0 aliphatic carbocycles. The summed E-state index contributed by atoms with van der Waals surface area (Å²) in [6.07, 6.45) is -1.30. The molecule has 0 saturated carbocycles. The zero-order valence-electron chi connectivity index (χ0n) is 27.1. The fraction of sp³-hybridized carbons (Fsp3) is 0.643. The van der Waals surface area contributed by atoms with Crippen LogP contribution in [0.25, 0.3) is 0 Å². The average molecular weight is 701 g/mol. The van der Waals surface area contributed by atoms with Crippen LogP contribution in [0.1, 0.15) is 52.4 Å². The van der Waals surface area contributed by atoms with Crippen molar-refractivity contribution >= 4 is 59.7 Å². The van der Waals surface area contributed by atoms with E-state index in [1.54, 1.807) is 5.32 Å². The number of carbonyl (C=O) groups is 10. The van der Waals surface area contributed by atoms with Crippen LogP contribution < -0.4 is 37.6 Å². The van der Waals surface area contributed by atoms with E-state index >= 15 is 0 Å². The van der Waals surface area contributed by atoms with E-state index in [0.717, 1.165) is 4.90 Å². The first-order valence-corrected chi connectivity index (χ1v) is 15.3. The Morgan fingerprint density at radius 3 is 2.06 bits per heavy atom. The second-order valence-corrected chi connectivity index (χ2v) is 11.5. The van der Waals surface area contributed by atoms with Crippen LogP contribution >= 0.6 is 0 Å². The Balaban J connectivity index is 2.94. The number of hydrogen-bond acceptors (Lipinski definition) is 12. The van der Waals surface area contributed by atoms with E-state index < -0.39 is 122 Å². The number of hydrogen-bond donors (Lipinski definition) is 10. The number of aliphatic hydroxyl groups is 1. The van der Waals surface area contributed by atoms with Gasteiger partial charge < -0.3 is 52.5 Å². The molecule has 0 aromatic carbocycles. The largest absolute Gasteiger partial charge is 0.481 e. The zero-order valence-corrected chi connectivity index (χ0v) is 27.1. The summed E-state index contributed by atoms with van der Waals surface area (Å²) in [5.74, 6) is -9.05. The molecule has 1 aliphatic rings. The summed E-state index contributed by atoms with van der Waals surface area (Å²) in [7, 11) is 0. The standard InChI is InChI=1S/C28H44N8O13/c1-14(2)8-15(29)24(45)31-10-20(39)30-11-21(40)33-17(9-23(43)44)28(49)36-7-3-4-19(36)27(48)34-16(5-6-22(41)42)26(47)35-18(12-37)25(46)32-13-38/h13-19,37H,3-12,29H2,1-2H3,(H,30,39)(H,31,45)(H,33,40)(H,34,48)(H,35,47)(H,41,42)(H,43,44)(H,32,38,46)/t15-,16-,17-,18-,19-/m0/s1. The molecule has 0 unspecified atom stereocenters. The number of nitrogens with two attached hydrogens (primary N) is 1. The second-order valence-electron chi connectivity index (χ2n) is 11.5. The lowest BCUT2D eigenvalue weighted by atomic mass is 10.0. The predicted molar refractivity (Wildman–Crippen MR) is 164 cm³/mol. The van der Waals surface area contributed by atoms with E-state index in [2.05, 4.69) is 26.6 Å². The molecule has 21 heteroatoms. The van der Waals surface area contributed by atoms with Gasteiger partial charge in [-0.2, -0.15) is 0 Å². The molecule has 21 nitrogen and oxygen atoms in total. The van der Waals surface area contributed by atoms with E-state index in [-0.39, 0.29) is 31.7 Å². The summed E-state index contributed by atoms with van der Waals surface area (Å²) in [5.41, 5.74) is 5.75. The first-order chi connectivity index (χ1) is 23.0. The van der Waals surface area contributed by atoms with E-state index in [1.807, 2.05) is 13.8 Å². The molecule has 1 fully saturated rings. The molecule has 5 atom stereocenters. The van der Waals surface area contributed by atoms with Gasteiger partial charge >= 0.3 is 11.9 Å². The van der Waals surface area contributed by atoms with Crippen LogP contribution in [-0.4, -0.2) is 136 Å². The van der Waals surface area contributed by atoms with Gasteiger partial charge in [0, 0.05) is 13.0 Å². The fourth-order valence-corrected chi connectivity index (χ4v) is 4.71. The SMILES string of the molecule is CC(C)C[C@H](N)C(=O)NCC(=O)NCC(=O)N[C@@H](CC(=O)O)C(=O)N1CCC[C@H]1C(=O)N[C@@H](CCC(=O)O)C(=O)N[C@@H](CO)C(=O)NC=O. The van der Waals surface area contributed by atoms with Gasteiger partial charge in [0.25, 0.3) is 5.91 Å². The van der Waals surface area contributed by atoms with Crippen molar-refractivity contribution in [2.24, 2.45) is 11.7 Å². The van der Waals surface area contributed by atoms with Gasteiger partial charge in [0.15, 0.2) is 0 Å². The Kier molecular flexibility index (Phi) is 17.9. The number of likely N-dealkylation sites (tertiary alicyclic amines) is 1. The molecule has 0 aromatic heterocycles. The quantitative estimate of drug-likeness (QED) is 0.0500. The summed E-state index contributed by atoms with van der Waals surface area (Å²) >= 11 is 0. The molecule has 0 aromatic rings. The summed E-state index contributed by atoms with van der Waals surface area (Å²) in [5, 5.41) is 40.8. The third kappa shape index (κ3) is 15.1. The van der Waals surface area contributed by atoms with Crippen molar-refractivity contribution in [1.29, 1.82) is 0 Å². The first kappa shape index (κ1) is 41.8. The zero-order chi connectivity index (χ0) is 37.3. The molecule has 49 heavy (non-hydrogen) atoms. The number of amides is 8. The number of carboxylic acid groups (broad SMARTS) is 2. The van der Waals surface area contributed by atoms with Gasteiger partial charge in [-0.3, -0.25) is 53.3 Å². The number of aliphatic carboxylic acids is 2. The van der Waals surface area contributed by atoms with Gasteiger partial charge in [0.1, 0.15) is 24.2 Å². The smallest absolute Gasteiger partial charge is 0.305 e. The van der Waals surface area contributed by atoms with Crippen LogP contribution in [0.2, 0.25) is 0 Å². The van der Waals surface area contributed by atoms with Gasteiger partial charge in [-0.25, -0.2) is 0 Å². The van der Waals surface area contributed by atoms with E-state index in [9.17, 15) is 58.2 Å². The van der Waals surface area contributed by atoms with E-state index in [0.29, 0.717) is 6.42 Å². The topological polar surface area (TPSA) is 333 Å². The lowest BCUT2D eigenvalue weighted by Crippen LogP contribution is -2.58. The first-order valence-electron chi connectivity index (χ1n) is 15.3. The number of rotatable bonds is 21. The van der Waals surface area contributed by atoms with Gasteiger partial charge in [0.2, 0.25) is 41.9 Å². The number of carbonyl (C=O) groups excluding carboxylic acids is 8. The van der Waals surface area contributed by atoms with Crippen molar-refractivity contribution in [2.75, 3.05) is 26.2 Å². The van der Waals surface area contributed by atoms with Crippen molar-refractivity contribution in [3.05, 3.63) is 0 Å². The van der Waals surface area contributed by atoms with Crippen LogP contribution in [0, 0.1) is 5.92 Å². The number of carboxylic acids is 2. The molecule has 0 radical (unpaired) electrons. The van der Waals surface area contributed by atoms with Gasteiger partial charge in [0.05, 0.1) is 32.2 Å². The van der Waals surface area contributed by atoms with Crippen molar-refractivity contribution in [1.82, 2.24) is 36.8 Å². The molecule has 1 aliphatic heterocycles. The maximum absolute atomic E-state index is 13.4. The fourth-order valence-electron chi connectivity index (χ4n) is 4.71. The third-order valence-corrected chi connectivity index (χ3v) is 7.08. The van der Waals surface area contributed by atoms with E-state index in [1.165, 1.54) is 0 Å². The molecule has 0 spiro atoms. The third-order valence-electron chi connectivity index (χ3n) is 7.08. The minimum Gasteiger partial charge on any atom is -0.481 e. The lowest BCUT2D eigenvalue weighted by Gasteiger charge is -2.29. The van der Waals surface area contributed by atoms with Crippen LogP contribution in [0.15, 0.2) is 0 Å². The Hall–Kier alpha value is -5.18. The Morgan fingerprint density at radius 1 is 0.837 bits per heavy atom. The highest BCUT2D eigenvalue weighted by atomic mass is 16.4. The summed E-state index contributed by atoms with van der Waals surface area (Å²) in [6, 6.07) is -7.00. The lowest BCUT2D eigenvalue weighted by molar-refractivity contribution is -0.146. The van der Waals surface area contributed by atoms with E-state index in [4.69, 9.17) is 10.8 Å². The van der Waals surface area contributed by atoms with Crippen LogP contribution in [-0.2, 0) is 47.9 Å². The number of imide groups is 1. The monoisotopic (exact) mass is 700 g/mol. The maximum atomic E-state index is 13.4. The summed E-state index contributed by atoms with van der Waals surface area (Å²) in [4.78, 5) is 122. The molecule has 1 heterocycles. The predicted octanol–water partition coefficient (Wildman–Crippen LogP) is -5.36. The molecular formula is C28H44N8O13. The molecule has 8 amide bonds. The van der Waals surface area contributed by atoms with Crippen molar-refractivity contribution in [3.8, 4) is 0 Å². The van der Waals surface area contributed by atoms with Crippen LogP contribution in [0.5, 0.6) is 0 Å². The highest BCUT2D eigenvalue weighted by Gasteiger charge is 2.40. The normalized spacial score (nSPS) is 16.3. The van der Waals surface area contributed by atoms with Crippen LogP contribution in [0.3, 0.4) is 0 Å². The Morgan fingerprint density at radius 2 is 1.49 bits per heavy atom.